The molecule has 116 valence electrons. The second-order valence-corrected chi connectivity index (χ2v) is 4.69. The zero-order chi connectivity index (χ0) is 15.7. The van der Waals surface area contributed by atoms with E-state index < -0.39 is 0 Å². The Balaban J connectivity index is 2.11. The van der Waals surface area contributed by atoms with Gasteiger partial charge in [0.15, 0.2) is 0 Å². The predicted molar refractivity (Wildman–Crippen MR) is 75.4 cm³/mol. The van der Waals surface area contributed by atoms with Crippen molar-refractivity contribution in [3.8, 4) is 5.75 Å². The fourth-order valence-electron chi connectivity index (χ4n) is 1.51. The molecule has 0 atom stereocenters. The molecule has 1 amide bonds. The lowest BCUT2D eigenvalue weighted by Gasteiger charge is -2.09. The van der Waals surface area contributed by atoms with Crippen LogP contribution in [0, 0.1) is 5.82 Å². The van der Waals surface area contributed by atoms with Gasteiger partial charge >= 0.3 is 5.97 Å². The number of carbonyl (C=O) groups excluding carboxylic acids is 2. The van der Waals surface area contributed by atoms with E-state index in [4.69, 9.17) is 9.47 Å². The molecular formula is C15H20FNO4. The van der Waals surface area contributed by atoms with Crippen LogP contribution >= 0.6 is 0 Å². The number of esters is 1. The van der Waals surface area contributed by atoms with E-state index >= 15 is 0 Å². The van der Waals surface area contributed by atoms with E-state index in [0.717, 1.165) is 0 Å². The molecule has 5 nitrogen and oxygen atoms in total. The van der Waals surface area contributed by atoms with E-state index in [1.165, 1.54) is 24.3 Å². The first kappa shape index (κ1) is 16.9. The van der Waals surface area contributed by atoms with Crippen LogP contribution in [-0.4, -0.2) is 31.1 Å². The van der Waals surface area contributed by atoms with Gasteiger partial charge in [-0.15, -0.1) is 0 Å². The molecule has 0 heterocycles. The fraction of sp³-hybridized carbons (Fsp3) is 0.467. The number of hydrogen-bond donors (Lipinski definition) is 1. The number of rotatable bonds is 8. The Kier molecular flexibility index (Phi) is 7.21. The SMILES string of the molecule is CC(C)OC(=O)CCNC(=O)CCOc1ccc(F)cc1. The third kappa shape index (κ3) is 7.91. The van der Waals surface area contributed by atoms with Crippen LogP contribution in [0.15, 0.2) is 24.3 Å². The molecule has 0 aliphatic carbocycles. The van der Waals surface area contributed by atoms with E-state index in [9.17, 15) is 14.0 Å². The lowest BCUT2D eigenvalue weighted by atomic mass is 10.3. The third-order valence-electron chi connectivity index (χ3n) is 2.43. The summed E-state index contributed by atoms with van der Waals surface area (Å²) < 4.78 is 22.9. The van der Waals surface area contributed by atoms with Crippen molar-refractivity contribution in [1.29, 1.82) is 0 Å². The van der Waals surface area contributed by atoms with Crippen LogP contribution in [0.5, 0.6) is 5.75 Å². The summed E-state index contributed by atoms with van der Waals surface area (Å²) in [5.41, 5.74) is 0. The van der Waals surface area contributed by atoms with Crippen LogP contribution in [0.25, 0.3) is 0 Å². The monoisotopic (exact) mass is 297 g/mol. The Bertz CT molecular complexity index is 459. The van der Waals surface area contributed by atoms with Crippen molar-refractivity contribution < 1.29 is 23.5 Å². The Morgan fingerprint density at radius 3 is 2.48 bits per heavy atom. The molecule has 0 spiro atoms. The first-order valence-electron chi connectivity index (χ1n) is 6.82. The molecule has 1 rings (SSSR count). The van der Waals surface area contributed by atoms with E-state index in [0.29, 0.717) is 5.75 Å². The van der Waals surface area contributed by atoms with Crippen molar-refractivity contribution in [2.45, 2.75) is 32.8 Å². The number of amides is 1. The second-order valence-electron chi connectivity index (χ2n) is 4.69. The minimum Gasteiger partial charge on any atom is -0.493 e. The highest BCUT2D eigenvalue weighted by Gasteiger charge is 2.07. The van der Waals surface area contributed by atoms with Gasteiger partial charge in [-0.2, -0.15) is 0 Å². The van der Waals surface area contributed by atoms with Gasteiger partial charge in [0.2, 0.25) is 5.91 Å². The van der Waals surface area contributed by atoms with Gasteiger partial charge in [-0.05, 0) is 38.1 Å². The average molecular weight is 297 g/mol. The van der Waals surface area contributed by atoms with Crippen molar-refractivity contribution in [3.63, 3.8) is 0 Å². The standard InChI is InChI=1S/C15H20FNO4/c1-11(2)21-15(19)7-9-17-14(18)8-10-20-13-5-3-12(16)4-6-13/h3-6,11H,7-10H2,1-2H3,(H,17,18). The lowest BCUT2D eigenvalue weighted by molar-refractivity contribution is -0.147. The summed E-state index contributed by atoms with van der Waals surface area (Å²) in [5, 5.41) is 2.60. The number of carbonyl (C=O) groups is 2. The number of halogens is 1. The molecule has 0 bridgehead atoms. The zero-order valence-electron chi connectivity index (χ0n) is 12.2. The zero-order valence-corrected chi connectivity index (χ0v) is 12.2. The summed E-state index contributed by atoms with van der Waals surface area (Å²) >= 11 is 0. The highest BCUT2D eigenvalue weighted by Crippen LogP contribution is 2.10. The van der Waals surface area contributed by atoms with Crippen LogP contribution < -0.4 is 10.1 Å². The fourth-order valence-corrected chi connectivity index (χ4v) is 1.51. The van der Waals surface area contributed by atoms with Crippen LogP contribution in [-0.2, 0) is 14.3 Å². The second kappa shape index (κ2) is 8.94. The van der Waals surface area contributed by atoms with Crippen LogP contribution in [0.2, 0.25) is 0 Å². The highest BCUT2D eigenvalue weighted by molar-refractivity contribution is 5.77. The van der Waals surface area contributed by atoms with Gasteiger partial charge in [-0.1, -0.05) is 0 Å². The molecule has 0 aliphatic rings. The average Bonchev–Trinajstić information content (AvgIpc) is 2.40. The van der Waals surface area contributed by atoms with Gasteiger partial charge in [-0.3, -0.25) is 9.59 Å². The summed E-state index contributed by atoms with van der Waals surface area (Å²) in [6, 6.07) is 5.57. The van der Waals surface area contributed by atoms with Crippen LogP contribution in [0.3, 0.4) is 0 Å². The number of ether oxygens (including phenoxy) is 2. The number of benzene rings is 1. The van der Waals surface area contributed by atoms with Crippen molar-refractivity contribution in [3.05, 3.63) is 30.1 Å². The predicted octanol–water partition coefficient (Wildman–Crippen LogP) is 2.05. The van der Waals surface area contributed by atoms with Gasteiger partial charge in [0.05, 0.1) is 25.6 Å². The number of nitrogens with one attached hydrogen (secondary N) is 1. The van der Waals surface area contributed by atoms with E-state index in [1.54, 1.807) is 13.8 Å². The maximum absolute atomic E-state index is 12.7. The van der Waals surface area contributed by atoms with Gasteiger partial charge in [0.1, 0.15) is 11.6 Å². The molecule has 0 saturated carbocycles. The molecule has 6 heteroatoms. The minimum atomic E-state index is -0.340. The molecule has 21 heavy (non-hydrogen) atoms. The lowest BCUT2D eigenvalue weighted by Crippen LogP contribution is -2.28. The van der Waals surface area contributed by atoms with E-state index in [1.807, 2.05) is 0 Å². The van der Waals surface area contributed by atoms with Crippen molar-refractivity contribution in [1.82, 2.24) is 5.32 Å². The van der Waals surface area contributed by atoms with Gasteiger partial charge in [0.25, 0.3) is 0 Å². The van der Waals surface area contributed by atoms with Crippen molar-refractivity contribution >= 4 is 11.9 Å². The van der Waals surface area contributed by atoms with Crippen molar-refractivity contribution in [2.75, 3.05) is 13.2 Å². The molecule has 0 fully saturated rings. The topological polar surface area (TPSA) is 64.6 Å². The maximum Gasteiger partial charge on any atom is 0.307 e. The summed E-state index contributed by atoms with van der Waals surface area (Å²) in [6.07, 6.45) is 0.150. The summed E-state index contributed by atoms with van der Waals surface area (Å²) in [5.74, 6) is -0.389. The Hall–Kier alpha value is -2.11. The van der Waals surface area contributed by atoms with Crippen LogP contribution in [0.1, 0.15) is 26.7 Å². The molecular weight excluding hydrogens is 277 g/mol. The Labute approximate surface area is 123 Å². The van der Waals surface area contributed by atoms with Gasteiger partial charge in [0, 0.05) is 6.54 Å². The van der Waals surface area contributed by atoms with Gasteiger partial charge < -0.3 is 14.8 Å². The third-order valence-corrected chi connectivity index (χ3v) is 2.43. The Morgan fingerprint density at radius 2 is 1.86 bits per heavy atom. The molecule has 1 N–H and O–H groups in total. The minimum absolute atomic E-state index is 0.142. The smallest absolute Gasteiger partial charge is 0.307 e. The summed E-state index contributed by atoms with van der Waals surface area (Å²) in [4.78, 5) is 22.7. The quantitative estimate of drug-likeness (QED) is 0.746. The molecule has 0 saturated heterocycles. The largest absolute Gasteiger partial charge is 0.493 e. The maximum atomic E-state index is 12.7. The highest BCUT2D eigenvalue weighted by atomic mass is 19.1. The molecule has 1 aromatic rings. The van der Waals surface area contributed by atoms with Crippen LogP contribution in [0.4, 0.5) is 4.39 Å². The summed E-state index contributed by atoms with van der Waals surface area (Å²) in [7, 11) is 0. The Morgan fingerprint density at radius 1 is 1.19 bits per heavy atom. The first-order chi connectivity index (χ1) is 9.97. The molecule has 0 unspecified atom stereocenters. The van der Waals surface area contributed by atoms with E-state index in [2.05, 4.69) is 5.32 Å². The number of hydrogen-bond acceptors (Lipinski definition) is 4. The normalized spacial score (nSPS) is 10.3. The first-order valence-corrected chi connectivity index (χ1v) is 6.82. The van der Waals surface area contributed by atoms with E-state index in [-0.39, 0.29) is 49.8 Å². The molecule has 0 radical (unpaired) electrons. The van der Waals surface area contributed by atoms with Crippen molar-refractivity contribution in [2.24, 2.45) is 0 Å². The van der Waals surface area contributed by atoms with Gasteiger partial charge in [-0.25, -0.2) is 4.39 Å². The molecule has 0 aliphatic heterocycles. The molecule has 0 aromatic heterocycles. The summed E-state index contributed by atoms with van der Waals surface area (Å²) in [6.45, 7) is 3.96. The molecule has 1 aromatic carbocycles.